The van der Waals surface area contributed by atoms with E-state index in [4.69, 9.17) is 0 Å². The zero-order chi connectivity index (χ0) is 9.84. The van der Waals surface area contributed by atoms with Crippen LogP contribution in [0, 0.1) is 19.9 Å². The van der Waals surface area contributed by atoms with E-state index in [2.05, 4.69) is 30.8 Å². The summed E-state index contributed by atoms with van der Waals surface area (Å²) >= 11 is 0. The minimum Gasteiger partial charge on any atom is -0.458 e. The van der Waals surface area contributed by atoms with Crippen LogP contribution in [0.15, 0.2) is 0 Å². The normalized spacial score (nSPS) is 32.6. The number of hydrogen-bond acceptors (Lipinski definition) is 2. The molecule has 2 fully saturated rings. The van der Waals surface area contributed by atoms with Crippen molar-refractivity contribution in [1.29, 1.82) is 0 Å². The van der Waals surface area contributed by atoms with E-state index in [1.165, 1.54) is 32.5 Å². The van der Waals surface area contributed by atoms with Gasteiger partial charge in [-0.1, -0.05) is 0 Å². The molecule has 2 nitrogen and oxygen atoms in total. The maximum Gasteiger partial charge on any atom is 2.00 e. The average molecular weight is 366 g/mol. The number of likely N-dealkylation sites (N-methyl/N-ethyl adjacent to an activating group) is 1. The van der Waals surface area contributed by atoms with Gasteiger partial charge in [0.25, 0.3) is 0 Å². The molecule has 0 unspecified atom stereocenters. The maximum atomic E-state index is 4.00. The minimum absolute atomic E-state index is 0. The van der Waals surface area contributed by atoms with E-state index < -0.39 is 0 Å². The number of fused-ring (bicyclic) bond motifs is 1. The molecule has 14 heavy (non-hydrogen) atoms. The van der Waals surface area contributed by atoms with E-state index in [0.717, 1.165) is 12.0 Å². The van der Waals surface area contributed by atoms with Crippen molar-refractivity contribution in [2.75, 3.05) is 26.7 Å². The molecule has 0 aromatic heterocycles. The summed E-state index contributed by atoms with van der Waals surface area (Å²) in [4.78, 5) is 4.70. The molecule has 0 amide bonds. The van der Waals surface area contributed by atoms with Gasteiger partial charge in [-0.05, 0) is 45.4 Å². The van der Waals surface area contributed by atoms with Gasteiger partial charge in [-0.2, -0.15) is 6.92 Å². The molecule has 0 aliphatic carbocycles. The molecule has 2 saturated heterocycles. The number of piperidine rings is 1. The molecule has 0 bridgehead atoms. The molecule has 0 N–H and O–H groups in total. The third-order valence-corrected chi connectivity index (χ3v) is 3.22. The van der Waals surface area contributed by atoms with E-state index >= 15 is 0 Å². The van der Waals surface area contributed by atoms with Crippen molar-refractivity contribution in [2.45, 2.75) is 25.8 Å². The van der Waals surface area contributed by atoms with Crippen LogP contribution in [0.25, 0.3) is 0 Å². The van der Waals surface area contributed by atoms with Gasteiger partial charge in [0.1, 0.15) is 0 Å². The van der Waals surface area contributed by atoms with Crippen molar-refractivity contribution in [3.63, 3.8) is 0 Å². The third-order valence-electron chi connectivity index (χ3n) is 3.22. The van der Waals surface area contributed by atoms with E-state index in [9.17, 15) is 0 Å². The van der Waals surface area contributed by atoms with Crippen LogP contribution in [-0.2, 0) is 21.1 Å². The van der Waals surface area contributed by atoms with E-state index in [1.807, 2.05) is 0 Å². The van der Waals surface area contributed by atoms with Gasteiger partial charge >= 0.3 is 21.1 Å². The number of likely N-dealkylation sites (tertiary alicyclic amines) is 2. The Morgan fingerprint density at radius 1 is 1.14 bits per heavy atom. The van der Waals surface area contributed by atoms with Crippen molar-refractivity contribution in [2.24, 2.45) is 5.92 Å². The van der Waals surface area contributed by atoms with Crippen molar-refractivity contribution < 1.29 is 21.1 Å². The molecule has 3 heteroatoms. The Bertz CT molecular complexity index is 152. The minimum atomic E-state index is 0. The van der Waals surface area contributed by atoms with Crippen LogP contribution in [0.1, 0.15) is 19.8 Å². The molecule has 82 valence electrons. The Morgan fingerprint density at radius 3 is 2.36 bits per heavy atom. The fraction of sp³-hybridized carbons (Fsp3) is 0.818. The van der Waals surface area contributed by atoms with Gasteiger partial charge in [0.15, 0.2) is 0 Å². The SMILES string of the molecule is [CH2-]C.[CH2-]N1CC[C@@H]2CCN(C)[C@@H]2C1.[W+2]. The van der Waals surface area contributed by atoms with Gasteiger partial charge in [-0.3, -0.25) is 7.05 Å². The summed E-state index contributed by atoms with van der Waals surface area (Å²) in [6.07, 6.45) is 2.77. The van der Waals surface area contributed by atoms with Crippen LogP contribution in [0.5, 0.6) is 0 Å². The number of rotatable bonds is 0. The predicted molar refractivity (Wildman–Crippen MR) is 57.1 cm³/mol. The molecule has 0 spiro atoms. The topological polar surface area (TPSA) is 6.48 Å². The first kappa shape index (κ1) is 14.6. The standard InChI is InChI=1S/C9H17N2.C2H5.W/c1-10-5-3-8-4-6-11(2)9(8)7-10;1-2;/h8-9H,1,3-7H2,2H3;1H2,2H3;/q2*-1;+2/t8-,9-;;/m1../s1. The average Bonchev–Trinajstić information content (AvgIpc) is 2.52. The van der Waals surface area contributed by atoms with Gasteiger partial charge in [-0.25, -0.2) is 0 Å². The monoisotopic (exact) mass is 366 g/mol. The van der Waals surface area contributed by atoms with Crippen LogP contribution < -0.4 is 0 Å². The predicted octanol–water partition coefficient (Wildman–Crippen LogP) is 1.64. The molecule has 2 aliphatic heterocycles. The molecule has 2 atom stereocenters. The summed E-state index contributed by atoms with van der Waals surface area (Å²) in [5.74, 6) is 0.970. The van der Waals surface area contributed by atoms with E-state index in [1.54, 1.807) is 6.92 Å². The van der Waals surface area contributed by atoms with Gasteiger partial charge in [0.2, 0.25) is 0 Å². The largest absolute Gasteiger partial charge is 2.00 e. The first-order chi connectivity index (χ1) is 6.27. The second-order valence-corrected chi connectivity index (χ2v) is 3.96. The Hall–Kier alpha value is 0.608. The molecule has 0 radical (unpaired) electrons. The van der Waals surface area contributed by atoms with Gasteiger partial charge < -0.3 is 16.7 Å². The third kappa shape index (κ3) is 3.32. The molecule has 0 aromatic rings. The van der Waals surface area contributed by atoms with Crippen molar-refractivity contribution in [1.82, 2.24) is 9.80 Å². The van der Waals surface area contributed by atoms with Gasteiger partial charge in [-0.15, -0.1) is 0 Å². The number of hydrogen-bond donors (Lipinski definition) is 0. The molecule has 2 aliphatic rings. The number of nitrogens with zero attached hydrogens (tertiary/aromatic N) is 2. The van der Waals surface area contributed by atoms with Crippen LogP contribution in [0.3, 0.4) is 0 Å². The Balaban J connectivity index is 0.000000531. The summed E-state index contributed by atoms with van der Waals surface area (Å²) in [5.41, 5.74) is 0. The molecule has 0 saturated carbocycles. The van der Waals surface area contributed by atoms with Gasteiger partial charge in [0, 0.05) is 6.04 Å². The van der Waals surface area contributed by atoms with E-state index in [-0.39, 0.29) is 21.1 Å². The summed E-state index contributed by atoms with van der Waals surface area (Å²) in [6.45, 7) is 8.68. The summed E-state index contributed by atoms with van der Waals surface area (Å²) in [7, 11) is 6.24. The molecular weight excluding hydrogens is 344 g/mol. The Morgan fingerprint density at radius 2 is 1.71 bits per heavy atom. The second kappa shape index (κ2) is 6.98. The fourth-order valence-electron chi connectivity index (χ4n) is 2.42. The summed E-state index contributed by atoms with van der Waals surface area (Å²) in [5, 5.41) is 0. The maximum absolute atomic E-state index is 4.00. The van der Waals surface area contributed by atoms with Crippen LogP contribution in [0.2, 0.25) is 0 Å². The first-order valence-corrected chi connectivity index (χ1v) is 5.24. The molecule has 0 aromatic carbocycles. The summed E-state index contributed by atoms with van der Waals surface area (Å²) in [6, 6.07) is 0.807. The van der Waals surface area contributed by atoms with Crippen molar-refractivity contribution in [3.05, 3.63) is 14.0 Å². The van der Waals surface area contributed by atoms with Crippen LogP contribution in [0.4, 0.5) is 0 Å². The fourth-order valence-corrected chi connectivity index (χ4v) is 2.42. The first-order valence-electron chi connectivity index (χ1n) is 5.24. The van der Waals surface area contributed by atoms with Crippen molar-refractivity contribution >= 4 is 0 Å². The van der Waals surface area contributed by atoms with E-state index in [0.29, 0.717) is 0 Å². The molecule has 2 heterocycles. The zero-order valence-electron chi connectivity index (χ0n) is 9.41. The summed E-state index contributed by atoms with van der Waals surface area (Å²) < 4.78 is 0. The smallest absolute Gasteiger partial charge is 0.458 e. The van der Waals surface area contributed by atoms with Crippen LogP contribution >= 0.6 is 0 Å². The Labute approximate surface area is 103 Å². The molecule has 2 rings (SSSR count). The zero-order valence-corrected chi connectivity index (χ0v) is 12.3. The Kier molecular flexibility index (Phi) is 7.28. The second-order valence-electron chi connectivity index (χ2n) is 3.96. The van der Waals surface area contributed by atoms with Gasteiger partial charge in [0.05, 0.1) is 0 Å². The quantitative estimate of drug-likeness (QED) is 0.602. The molecular formula is C11H22N2W. The van der Waals surface area contributed by atoms with Crippen LogP contribution in [-0.4, -0.2) is 42.5 Å². The van der Waals surface area contributed by atoms with Crippen molar-refractivity contribution in [3.8, 4) is 0 Å².